The molecule has 0 aliphatic carbocycles. The van der Waals surface area contributed by atoms with Gasteiger partial charge in [0.2, 0.25) is 0 Å². The molecule has 0 radical (unpaired) electrons. The van der Waals surface area contributed by atoms with Crippen molar-refractivity contribution in [3.63, 3.8) is 0 Å². The summed E-state index contributed by atoms with van der Waals surface area (Å²) < 4.78 is 5.35. The zero-order valence-electron chi connectivity index (χ0n) is 9.55. The number of hydrogen-bond acceptors (Lipinski definition) is 2. The largest absolute Gasteiger partial charge is 0.385 e. The predicted octanol–water partition coefficient (Wildman–Crippen LogP) is 2.75. The Balaban J connectivity index is 1.90. The molecule has 1 aliphatic rings. The first-order valence-corrected chi connectivity index (χ1v) is 5.64. The van der Waals surface area contributed by atoms with Gasteiger partial charge in [-0.15, -0.1) is 0 Å². The molecule has 0 aromatic heterocycles. The van der Waals surface area contributed by atoms with E-state index in [0.717, 1.165) is 19.8 Å². The molecule has 2 nitrogen and oxygen atoms in total. The lowest BCUT2D eigenvalue weighted by Gasteiger charge is -2.11. The molecule has 15 heavy (non-hydrogen) atoms. The standard InChI is InChI=1S/C13H19NO/c1-10-3-4-13(7-11(10)2)14-8-12-5-6-15-9-12/h3-4,7,12,14H,5-6,8-9H2,1-2H3. The summed E-state index contributed by atoms with van der Waals surface area (Å²) in [4.78, 5) is 0. The Labute approximate surface area is 91.6 Å². The van der Waals surface area contributed by atoms with E-state index in [0.29, 0.717) is 5.92 Å². The molecular formula is C13H19NO. The average molecular weight is 205 g/mol. The van der Waals surface area contributed by atoms with Crippen molar-refractivity contribution in [1.82, 2.24) is 0 Å². The van der Waals surface area contributed by atoms with Gasteiger partial charge in [0.1, 0.15) is 0 Å². The molecule has 0 saturated carbocycles. The minimum absolute atomic E-state index is 0.687. The second kappa shape index (κ2) is 4.67. The van der Waals surface area contributed by atoms with Gasteiger partial charge in [0.05, 0.1) is 6.61 Å². The number of anilines is 1. The number of hydrogen-bond donors (Lipinski definition) is 1. The maximum absolute atomic E-state index is 5.35. The minimum atomic E-state index is 0.687. The molecule has 1 N–H and O–H groups in total. The van der Waals surface area contributed by atoms with Crippen LogP contribution in [0.5, 0.6) is 0 Å². The fourth-order valence-corrected chi connectivity index (χ4v) is 1.86. The molecule has 1 fully saturated rings. The molecule has 1 aromatic rings. The van der Waals surface area contributed by atoms with E-state index in [9.17, 15) is 0 Å². The van der Waals surface area contributed by atoms with Crippen molar-refractivity contribution in [1.29, 1.82) is 0 Å². The smallest absolute Gasteiger partial charge is 0.0511 e. The fourth-order valence-electron chi connectivity index (χ4n) is 1.86. The molecule has 1 saturated heterocycles. The van der Waals surface area contributed by atoms with Crippen LogP contribution < -0.4 is 5.32 Å². The van der Waals surface area contributed by atoms with Crippen molar-refractivity contribution in [2.45, 2.75) is 20.3 Å². The Morgan fingerprint density at radius 3 is 2.87 bits per heavy atom. The van der Waals surface area contributed by atoms with Crippen molar-refractivity contribution in [2.75, 3.05) is 25.1 Å². The van der Waals surface area contributed by atoms with E-state index in [1.807, 2.05) is 0 Å². The monoisotopic (exact) mass is 205 g/mol. The van der Waals surface area contributed by atoms with Crippen LogP contribution in [0.25, 0.3) is 0 Å². The summed E-state index contributed by atoms with van der Waals surface area (Å²) >= 11 is 0. The van der Waals surface area contributed by atoms with Gasteiger partial charge in [-0.05, 0) is 43.5 Å². The molecule has 1 aromatic carbocycles. The lowest BCUT2D eigenvalue weighted by atomic mass is 10.1. The van der Waals surface area contributed by atoms with Gasteiger partial charge >= 0.3 is 0 Å². The van der Waals surface area contributed by atoms with E-state index in [-0.39, 0.29) is 0 Å². The van der Waals surface area contributed by atoms with Crippen molar-refractivity contribution in [3.05, 3.63) is 29.3 Å². The van der Waals surface area contributed by atoms with Crippen LogP contribution in [-0.4, -0.2) is 19.8 Å². The van der Waals surface area contributed by atoms with Gasteiger partial charge in [-0.3, -0.25) is 0 Å². The van der Waals surface area contributed by atoms with Crippen molar-refractivity contribution in [2.24, 2.45) is 5.92 Å². The third-order valence-corrected chi connectivity index (χ3v) is 3.13. The molecule has 1 heterocycles. The van der Waals surface area contributed by atoms with Crippen molar-refractivity contribution in [3.8, 4) is 0 Å². The fraction of sp³-hybridized carbons (Fsp3) is 0.538. The lowest BCUT2D eigenvalue weighted by Crippen LogP contribution is -2.14. The molecule has 1 aliphatic heterocycles. The van der Waals surface area contributed by atoms with Crippen LogP contribution in [0.15, 0.2) is 18.2 Å². The quantitative estimate of drug-likeness (QED) is 0.819. The van der Waals surface area contributed by atoms with Crippen LogP contribution in [0, 0.1) is 19.8 Å². The minimum Gasteiger partial charge on any atom is -0.385 e. The van der Waals surface area contributed by atoms with Crippen molar-refractivity contribution >= 4 is 5.69 Å². The van der Waals surface area contributed by atoms with E-state index in [1.165, 1.54) is 23.2 Å². The highest BCUT2D eigenvalue weighted by atomic mass is 16.5. The lowest BCUT2D eigenvalue weighted by molar-refractivity contribution is 0.187. The summed E-state index contributed by atoms with van der Waals surface area (Å²) in [6, 6.07) is 6.53. The van der Waals surface area contributed by atoms with Crippen LogP contribution >= 0.6 is 0 Å². The number of ether oxygens (including phenoxy) is 1. The van der Waals surface area contributed by atoms with E-state index in [4.69, 9.17) is 4.74 Å². The van der Waals surface area contributed by atoms with Gasteiger partial charge in [-0.25, -0.2) is 0 Å². The summed E-state index contributed by atoms with van der Waals surface area (Å²) in [5.41, 5.74) is 3.93. The highest BCUT2D eigenvalue weighted by Gasteiger charge is 2.14. The number of benzene rings is 1. The molecule has 2 rings (SSSR count). The maximum atomic E-state index is 5.35. The summed E-state index contributed by atoms with van der Waals surface area (Å²) in [6.45, 7) is 7.17. The van der Waals surface area contributed by atoms with Gasteiger partial charge in [-0.2, -0.15) is 0 Å². The zero-order chi connectivity index (χ0) is 10.7. The highest BCUT2D eigenvalue weighted by molar-refractivity contribution is 5.48. The molecule has 2 heteroatoms. The van der Waals surface area contributed by atoms with Gasteiger partial charge in [0.25, 0.3) is 0 Å². The van der Waals surface area contributed by atoms with Gasteiger partial charge < -0.3 is 10.1 Å². The summed E-state index contributed by atoms with van der Waals surface area (Å²) in [6.07, 6.45) is 1.19. The van der Waals surface area contributed by atoms with Crippen LogP contribution in [-0.2, 0) is 4.74 Å². The second-order valence-electron chi connectivity index (χ2n) is 4.41. The molecule has 0 spiro atoms. The Morgan fingerprint density at radius 1 is 1.33 bits per heavy atom. The van der Waals surface area contributed by atoms with E-state index >= 15 is 0 Å². The summed E-state index contributed by atoms with van der Waals surface area (Å²) in [5.74, 6) is 0.687. The number of rotatable bonds is 3. The van der Waals surface area contributed by atoms with E-state index in [1.54, 1.807) is 0 Å². The maximum Gasteiger partial charge on any atom is 0.0511 e. The molecule has 82 valence electrons. The van der Waals surface area contributed by atoms with E-state index < -0.39 is 0 Å². The molecule has 1 atom stereocenters. The second-order valence-corrected chi connectivity index (χ2v) is 4.41. The Kier molecular flexibility index (Phi) is 3.27. The van der Waals surface area contributed by atoms with Crippen molar-refractivity contribution < 1.29 is 4.74 Å². The molecular weight excluding hydrogens is 186 g/mol. The molecule has 1 unspecified atom stereocenters. The first-order chi connectivity index (χ1) is 7.25. The predicted molar refractivity (Wildman–Crippen MR) is 63.3 cm³/mol. The first-order valence-electron chi connectivity index (χ1n) is 5.64. The highest BCUT2D eigenvalue weighted by Crippen LogP contribution is 2.17. The van der Waals surface area contributed by atoms with Gasteiger partial charge in [0, 0.05) is 24.8 Å². The van der Waals surface area contributed by atoms with E-state index in [2.05, 4.69) is 37.4 Å². The summed E-state index contributed by atoms with van der Waals surface area (Å²) in [5, 5.41) is 3.47. The summed E-state index contributed by atoms with van der Waals surface area (Å²) in [7, 11) is 0. The normalized spacial score (nSPS) is 20.5. The topological polar surface area (TPSA) is 21.3 Å². The van der Waals surface area contributed by atoms with Crippen LogP contribution in [0.2, 0.25) is 0 Å². The SMILES string of the molecule is Cc1ccc(NCC2CCOC2)cc1C. The molecule has 0 amide bonds. The zero-order valence-corrected chi connectivity index (χ0v) is 9.55. The van der Waals surface area contributed by atoms with Crippen LogP contribution in [0.4, 0.5) is 5.69 Å². The molecule has 0 bridgehead atoms. The third kappa shape index (κ3) is 2.72. The Bertz CT molecular complexity index is 329. The third-order valence-electron chi connectivity index (χ3n) is 3.13. The van der Waals surface area contributed by atoms with Crippen LogP contribution in [0.3, 0.4) is 0 Å². The van der Waals surface area contributed by atoms with Gasteiger partial charge in [0.15, 0.2) is 0 Å². The average Bonchev–Trinajstić information content (AvgIpc) is 2.73. The van der Waals surface area contributed by atoms with Crippen LogP contribution in [0.1, 0.15) is 17.5 Å². The first kappa shape index (κ1) is 10.5. The number of nitrogens with one attached hydrogen (secondary N) is 1. The van der Waals surface area contributed by atoms with Gasteiger partial charge in [-0.1, -0.05) is 6.07 Å². The Morgan fingerprint density at radius 2 is 2.20 bits per heavy atom. The number of aryl methyl sites for hydroxylation is 2. The Hall–Kier alpha value is -1.02.